The van der Waals surface area contributed by atoms with Crippen molar-refractivity contribution in [1.29, 1.82) is 0 Å². The zero-order valence-electron chi connectivity index (χ0n) is 15.9. The number of para-hydroxylation sites is 1. The van der Waals surface area contributed by atoms with Crippen molar-refractivity contribution < 1.29 is 4.79 Å². The van der Waals surface area contributed by atoms with Crippen LogP contribution in [0.15, 0.2) is 48.5 Å². The number of amides is 1. The summed E-state index contributed by atoms with van der Waals surface area (Å²) in [4.78, 5) is 14.5. The zero-order valence-corrected chi connectivity index (χ0v) is 15.9. The van der Waals surface area contributed by atoms with E-state index in [2.05, 4.69) is 30.9 Å². The largest absolute Gasteiger partial charge is 0.314 e. The average Bonchev–Trinajstić information content (AvgIpc) is 2.57. The van der Waals surface area contributed by atoms with E-state index >= 15 is 0 Å². The number of nitrogens with zero attached hydrogens (tertiary/aromatic N) is 1. The van der Waals surface area contributed by atoms with Gasteiger partial charge in [0.05, 0.1) is 0 Å². The molecule has 0 aliphatic heterocycles. The summed E-state index contributed by atoms with van der Waals surface area (Å²) in [6.07, 6.45) is 1.60. The van der Waals surface area contributed by atoms with Crippen molar-refractivity contribution in [2.75, 3.05) is 11.9 Å². The summed E-state index contributed by atoms with van der Waals surface area (Å²) in [5.41, 5.74) is 3.94. The fourth-order valence-corrected chi connectivity index (χ4v) is 2.89. The number of carbonyl (C=O) groups is 1. The van der Waals surface area contributed by atoms with Gasteiger partial charge in [0.1, 0.15) is 0 Å². The highest BCUT2D eigenvalue weighted by atomic mass is 16.2. The number of benzene rings is 2. The summed E-state index contributed by atoms with van der Waals surface area (Å²) in [5, 5.41) is 0. The summed E-state index contributed by atoms with van der Waals surface area (Å²) in [5.74, 6) is 6.56. The first-order valence-electron chi connectivity index (χ1n) is 8.71. The molecule has 0 atom stereocenters. The van der Waals surface area contributed by atoms with Crippen molar-refractivity contribution >= 4 is 11.6 Å². The second-order valence-electron chi connectivity index (χ2n) is 7.36. The molecule has 2 aromatic carbocycles. The van der Waals surface area contributed by atoms with Crippen LogP contribution in [0.1, 0.15) is 43.9 Å². The lowest BCUT2D eigenvalue weighted by Gasteiger charge is -2.29. The van der Waals surface area contributed by atoms with Gasteiger partial charge in [-0.3, -0.25) is 4.79 Å². The maximum absolute atomic E-state index is 12.7. The summed E-state index contributed by atoms with van der Waals surface area (Å²) in [6.45, 7) is 7.92. The van der Waals surface area contributed by atoms with E-state index in [-0.39, 0.29) is 5.91 Å². The maximum Gasteiger partial charge on any atom is 0.232 e. The lowest BCUT2D eigenvalue weighted by atomic mass is 9.93. The minimum absolute atomic E-state index is 0.124. The van der Waals surface area contributed by atoms with E-state index in [0.717, 1.165) is 29.7 Å². The van der Waals surface area contributed by atoms with Gasteiger partial charge in [0.25, 0.3) is 0 Å². The smallest absolute Gasteiger partial charge is 0.232 e. The predicted molar refractivity (Wildman–Crippen MR) is 106 cm³/mol. The fraction of sp³-hybridized carbons (Fsp3) is 0.348. The molecule has 2 heteroatoms. The average molecular weight is 333 g/mol. The van der Waals surface area contributed by atoms with Crippen molar-refractivity contribution in [3.8, 4) is 11.8 Å². The molecular formula is C23H27NO. The number of hydrogen-bond acceptors (Lipinski definition) is 1. The van der Waals surface area contributed by atoms with E-state index in [1.807, 2.05) is 64.2 Å². The Morgan fingerprint density at radius 1 is 1.04 bits per heavy atom. The molecule has 0 aliphatic carbocycles. The minimum atomic E-state index is -0.401. The molecule has 0 aromatic heterocycles. The Labute approximate surface area is 151 Å². The Morgan fingerprint density at radius 2 is 1.72 bits per heavy atom. The second kappa shape index (κ2) is 8.03. The molecule has 1 amide bonds. The van der Waals surface area contributed by atoms with Gasteiger partial charge >= 0.3 is 0 Å². The van der Waals surface area contributed by atoms with Gasteiger partial charge in [0.2, 0.25) is 5.91 Å². The highest BCUT2D eigenvalue weighted by Gasteiger charge is 2.27. The molecule has 0 saturated heterocycles. The number of anilines is 1. The third kappa shape index (κ3) is 4.97. The van der Waals surface area contributed by atoms with Crippen LogP contribution in [0.2, 0.25) is 0 Å². The van der Waals surface area contributed by atoms with Gasteiger partial charge < -0.3 is 4.90 Å². The van der Waals surface area contributed by atoms with Gasteiger partial charge in [-0.15, -0.1) is 0 Å². The Balaban J connectivity index is 2.18. The van der Waals surface area contributed by atoms with Crippen LogP contribution in [-0.2, 0) is 11.2 Å². The first kappa shape index (κ1) is 18.8. The van der Waals surface area contributed by atoms with Crippen LogP contribution in [0.25, 0.3) is 0 Å². The normalized spacial score (nSPS) is 10.8. The van der Waals surface area contributed by atoms with Crippen molar-refractivity contribution in [1.82, 2.24) is 0 Å². The predicted octanol–water partition coefficient (Wildman–Crippen LogP) is 4.99. The molecule has 0 unspecified atom stereocenters. The fourth-order valence-electron chi connectivity index (χ4n) is 2.89. The monoisotopic (exact) mass is 333 g/mol. The van der Waals surface area contributed by atoms with E-state index in [1.165, 1.54) is 5.56 Å². The number of hydrogen-bond donors (Lipinski definition) is 0. The molecule has 25 heavy (non-hydrogen) atoms. The minimum Gasteiger partial charge on any atom is -0.314 e. The van der Waals surface area contributed by atoms with Crippen molar-refractivity contribution in [3.63, 3.8) is 0 Å². The van der Waals surface area contributed by atoms with Crippen LogP contribution < -0.4 is 4.90 Å². The van der Waals surface area contributed by atoms with Crippen LogP contribution in [0.3, 0.4) is 0 Å². The number of carbonyl (C=O) groups excluding carboxylic acids is 1. The first-order valence-corrected chi connectivity index (χ1v) is 8.71. The molecule has 0 saturated carbocycles. The van der Waals surface area contributed by atoms with E-state index in [1.54, 1.807) is 4.90 Å². The van der Waals surface area contributed by atoms with Crippen LogP contribution >= 0.6 is 0 Å². The van der Waals surface area contributed by atoms with E-state index in [9.17, 15) is 4.79 Å². The quantitative estimate of drug-likeness (QED) is 0.725. The third-order valence-corrected chi connectivity index (χ3v) is 4.13. The van der Waals surface area contributed by atoms with Crippen molar-refractivity contribution in [2.45, 2.75) is 40.5 Å². The Hall–Kier alpha value is -2.53. The Bertz CT molecular complexity index is 788. The summed E-state index contributed by atoms with van der Waals surface area (Å²) < 4.78 is 0. The molecule has 2 nitrogen and oxygen atoms in total. The number of rotatable bonds is 3. The molecule has 0 spiro atoms. The lowest BCUT2D eigenvalue weighted by molar-refractivity contribution is -0.125. The van der Waals surface area contributed by atoms with Crippen LogP contribution in [0.4, 0.5) is 5.69 Å². The van der Waals surface area contributed by atoms with Crippen molar-refractivity contribution in [2.24, 2.45) is 5.41 Å². The number of aryl methyl sites for hydroxylation is 2. The molecule has 0 aliphatic rings. The van der Waals surface area contributed by atoms with Gasteiger partial charge in [-0.05, 0) is 36.6 Å². The summed E-state index contributed by atoms with van der Waals surface area (Å²) in [7, 11) is 1.87. The summed E-state index contributed by atoms with van der Waals surface area (Å²) in [6, 6.07) is 16.2. The molecule has 2 rings (SSSR count). The van der Waals surface area contributed by atoms with Gasteiger partial charge in [0, 0.05) is 30.1 Å². The van der Waals surface area contributed by atoms with Crippen LogP contribution in [0.5, 0.6) is 0 Å². The molecule has 0 N–H and O–H groups in total. The SMILES string of the molecule is Cc1cccc(CCC#Cc2ccccc2)c1N(C)C(=O)C(C)(C)C. The van der Waals surface area contributed by atoms with Gasteiger partial charge in [-0.1, -0.05) is 69.0 Å². The molecule has 0 fully saturated rings. The van der Waals surface area contributed by atoms with Gasteiger partial charge in [0.15, 0.2) is 0 Å². The van der Waals surface area contributed by atoms with Crippen molar-refractivity contribution in [3.05, 3.63) is 65.2 Å². The molecule has 0 bridgehead atoms. The van der Waals surface area contributed by atoms with E-state index in [0.29, 0.717) is 0 Å². The van der Waals surface area contributed by atoms with Crippen LogP contribution in [-0.4, -0.2) is 13.0 Å². The molecule has 0 radical (unpaired) electrons. The second-order valence-corrected chi connectivity index (χ2v) is 7.36. The van der Waals surface area contributed by atoms with E-state index in [4.69, 9.17) is 0 Å². The Kier molecular flexibility index (Phi) is 6.04. The summed E-state index contributed by atoms with van der Waals surface area (Å²) >= 11 is 0. The van der Waals surface area contributed by atoms with E-state index < -0.39 is 5.41 Å². The molecule has 2 aromatic rings. The zero-order chi connectivity index (χ0) is 18.4. The highest BCUT2D eigenvalue weighted by Crippen LogP contribution is 2.29. The van der Waals surface area contributed by atoms with Crippen LogP contribution in [0, 0.1) is 24.2 Å². The standard InChI is InChI=1S/C23H27NO/c1-18-12-11-17-20(21(18)24(5)22(25)23(2,3)4)16-10-9-15-19-13-7-6-8-14-19/h6-8,11-14,17H,10,16H2,1-5H3. The topological polar surface area (TPSA) is 20.3 Å². The maximum atomic E-state index is 12.7. The first-order chi connectivity index (χ1) is 11.8. The van der Waals surface area contributed by atoms with Gasteiger partial charge in [-0.25, -0.2) is 0 Å². The lowest BCUT2D eigenvalue weighted by Crippen LogP contribution is -2.37. The Morgan fingerprint density at radius 3 is 2.36 bits per heavy atom. The molecular weight excluding hydrogens is 306 g/mol. The highest BCUT2D eigenvalue weighted by molar-refractivity contribution is 5.97. The molecule has 130 valence electrons. The van der Waals surface area contributed by atoms with Gasteiger partial charge in [-0.2, -0.15) is 0 Å². The molecule has 0 heterocycles. The third-order valence-electron chi connectivity index (χ3n) is 4.13.